The number of nitrogens with one attached hydrogen (secondary N) is 1. The van der Waals surface area contributed by atoms with Gasteiger partial charge in [0.15, 0.2) is 11.5 Å². The minimum atomic E-state index is -0.313. The third kappa shape index (κ3) is 5.60. The third-order valence-corrected chi connectivity index (χ3v) is 5.58. The number of para-hydroxylation sites is 1. The Kier molecular flexibility index (Phi) is 7.52. The highest BCUT2D eigenvalue weighted by molar-refractivity contribution is 6.35. The molecular weight excluding hydrogens is 473 g/mol. The summed E-state index contributed by atoms with van der Waals surface area (Å²) in [4.78, 5) is 12.7. The molecule has 0 aliphatic heterocycles. The van der Waals surface area contributed by atoms with Gasteiger partial charge < -0.3 is 14.0 Å². The van der Waals surface area contributed by atoms with Crippen LogP contribution in [0.4, 0.5) is 0 Å². The topological polar surface area (TPSA) is 64.8 Å². The van der Waals surface area contributed by atoms with Gasteiger partial charge in [0.1, 0.15) is 6.61 Å². The lowest BCUT2D eigenvalue weighted by molar-refractivity contribution is 0.0955. The van der Waals surface area contributed by atoms with Crippen LogP contribution in [0.15, 0.2) is 90.3 Å². The lowest BCUT2D eigenvalue weighted by Gasteiger charge is -2.12. The summed E-state index contributed by atoms with van der Waals surface area (Å²) in [6.07, 6.45) is 5.30. The van der Waals surface area contributed by atoms with Gasteiger partial charge in [0, 0.05) is 28.0 Å². The van der Waals surface area contributed by atoms with Crippen LogP contribution in [0.5, 0.6) is 11.5 Å². The smallest absolute Gasteiger partial charge is 0.273 e. The highest BCUT2D eigenvalue weighted by Crippen LogP contribution is 2.30. The van der Waals surface area contributed by atoms with Crippen molar-refractivity contribution in [3.8, 4) is 17.2 Å². The number of methoxy groups -OCH3 is 1. The Balaban J connectivity index is 1.42. The monoisotopic (exact) mass is 493 g/mol. The summed E-state index contributed by atoms with van der Waals surface area (Å²) in [6, 6.07) is 21.7. The van der Waals surface area contributed by atoms with Gasteiger partial charge in [-0.15, -0.1) is 0 Å². The molecule has 4 aromatic rings. The van der Waals surface area contributed by atoms with Crippen LogP contribution in [0.25, 0.3) is 5.69 Å². The van der Waals surface area contributed by atoms with E-state index < -0.39 is 0 Å². The van der Waals surface area contributed by atoms with Crippen LogP contribution in [-0.4, -0.2) is 23.8 Å². The van der Waals surface area contributed by atoms with Gasteiger partial charge in [-0.05, 0) is 60.2 Å². The van der Waals surface area contributed by atoms with Crippen molar-refractivity contribution >= 4 is 35.3 Å². The Labute approximate surface area is 207 Å². The zero-order valence-electron chi connectivity index (χ0n) is 18.2. The molecule has 0 bridgehead atoms. The van der Waals surface area contributed by atoms with E-state index >= 15 is 0 Å². The Morgan fingerprint density at radius 2 is 1.79 bits per heavy atom. The van der Waals surface area contributed by atoms with E-state index in [-0.39, 0.29) is 12.5 Å². The maximum atomic E-state index is 12.7. The predicted octanol–water partition coefficient (Wildman–Crippen LogP) is 6.14. The van der Waals surface area contributed by atoms with Crippen molar-refractivity contribution in [1.82, 2.24) is 9.99 Å². The molecule has 0 atom stereocenters. The summed E-state index contributed by atoms with van der Waals surface area (Å²) in [6.45, 7) is 0.261. The Hall–Kier alpha value is -3.74. The first kappa shape index (κ1) is 23.4. The van der Waals surface area contributed by atoms with E-state index in [1.54, 1.807) is 43.7 Å². The number of aromatic nitrogens is 1. The summed E-state index contributed by atoms with van der Waals surface area (Å²) in [5.74, 6) is 0.765. The molecule has 8 heteroatoms. The van der Waals surface area contributed by atoms with Gasteiger partial charge in [0.25, 0.3) is 5.91 Å². The van der Waals surface area contributed by atoms with Gasteiger partial charge in [0.05, 0.1) is 24.6 Å². The average molecular weight is 494 g/mol. The number of benzene rings is 3. The summed E-state index contributed by atoms with van der Waals surface area (Å²) in [7, 11) is 1.55. The number of hydrogen-bond acceptors (Lipinski definition) is 4. The van der Waals surface area contributed by atoms with Crippen LogP contribution in [0, 0.1) is 0 Å². The molecule has 1 amide bonds. The molecule has 6 nitrogen and oxygen atoms in total. The van der Waals surface area contributed by atoms with Crippen molar-refractivity contribution in [2.45, 2.75) is 6.61 Å². The fourth-order valence-corrected chi connectivity index (χ4v) is 3.75. The van der Waals surface area contributed by atoms with Gasteiger partial charge in [-0.3, -0.25) is 4.79 Å². The second-order valence-electron chi connectivity index (χ2n) is 7.24. The molecule has 172 valence electrons. The van der Waals surface area contributed by atoms with E-state index in [1.807, 2.05) is 59.4 Å². The summed E-state index contributed by atoms with van der Waals surface area (Å²) >= 11 is 12.2. The van der Waals surface area contributed by atoms with Crippen LogP contribution in [-0.2, 0) is 6.61 Å². The van der Waals surface area contributed by atoms with Crippen molar-refractivity contribution in [2.75, 3.05) is 7.11 Å². The van der Waals surface area contributed by atoms with Crippen molar-refractivity contribution in [2.24, 2.45) is 5.10 Å². The van der Waals surface area contributed by atoms with E-state index in [0.29, 0.717) is 27.1 Å². The lowest BCUT2D eigenvalue weighted by Crippen LogP contribution is -2.19. The predicted molar refractivity (Wildman–Crippen MR) is 135 cm³/mol. The SMILES string of the molecule is COc1cc(C=NNC(=O)c2ccccc2-n2cccc2)ccc1OCc1ccc(Cl)cc1Cl. The standard InChI is InChI=1S/C26H21Cl2N3O3/c1-33-25-14-18(8-11-24(25)34-17-19-9-10-20(27)15-22(19)28)16-29-30-26(32)21-6-2-3-7-23(21)31-12-4-5-13-31/h2-16H,17H2,1H3,(H,30,32). The quantitative estimate of drug-likeness (QED) is 0.237. The van der Waals surface area contributed by atoms with Crippen LogP contribution < -0.4 is 14.9 Å². The maximum absolute atomic E-state index is 12.7. The number of hydrazone groups is 1. The molecule has 0 saturated heterocycles. The number of carbonyl (C=O) groups excluding carboxylic acids is 1. The minimum Gasteiger partial charge on any atom is -0.493 e. The molecule has 1 aromatic heterocycles. The molecule has 0 fully saturated rings. The number of halogens is 2. The normalized spacial score (nSPS) is 10.9. The van der Waals surface area contributed by atoms with E-state index in [4.69, 9.17) is 32.7 Å². The van der Waals surface area contributed by atoms with Gasteiger partial charge in [-0.25, -0.2) is 5.43 Å². The largest absolute Gasteiger partial charge is 0.493 e. The van der Waals surface area contributed by atoms with Crippen LogP contribution in [0.1, 0.15) is 21.5 Å². The Morgan fingerprint density at radius 1 is 1.00 bits per heavy atom. The van der Waals surface area contributed by atoms with Crippen molar-refractivity contribution in [3.63, 3.8) is 0 Å². The zero-order valence-corrected chi connectivity index (χ0v) is 19.8. The fraction of sp³-hybridized carbons (Fsp3) is 0.0769. The molecule has 3 aromatic carbocycles. The summed E-state index contributed by atoms with van der Waals surface area (Å²) in [5.41, 5.74) is 5.40. The molecule has 0 aliphatic carbocycles. The second kappa shape index (κ2) is 10.9. The minimum absolute atomic E-state index is 0.261. The Bertz CT molecular complexity index is 1320. The first-order valence-corrected chi connectivity index (χ1v) is 11.1. The lowest BCUT2D eigenvalue weighted by atomic mass is 10.1. The molecule has 1 N–H and O–H groups in total. The average Bonchev–Trinajstić information content (AvgIpc) is 3.39. The third-order valence-electron chi connectivity index (χ3n) is 5.00. The molecule has 0 aliphatic rings. The maximum Gasteiger partial charge on any atom is 0.273 e. The number of carbonyl (C=O) groups is 1. The number of rotatable bonds is 8. The van der Waals surface area contributed by atoms with E-state index in [9.17, 15) is 4.79 Å². The van der Waals surface area contributed by atoms with Crippen LogP contribution >= 0.6 is 23.2 Å². The molecule has 0 spiro atoms. The first-order valence-electron chi connectivity index (χ1n) is 10.4. The molecule has 0 radical (unpaired) electrons. The molecule has 1 heterocycles. The molecule has 34 heavy (non-hydrogen) atoms. The number of ether oxygens (including phenoxy) is 2. The number of nitrogens with zero attached hydrogens (tertiary/aromatic N) is 2. The number of amides is 1. The molecule has 4 rings (SSSR count). The van der Waals surface area contributed by atoms with E-state index in [1.165, 1.54) is 0 Å². The first-order chi connectivity index (χ1) is 16.5. The zero-order chi connectivity index (χ0) is 23.9. The molecule has 0 unspecified atom stereocenters. The summed E-state index contributed by atoms with van der Waals surface area (Å²) in [5, 5.41) is 5.20. The van der Waals surface area contributed by atoms with Gasteiger partial charge in [-0.1, -0.05) is 41.4 Å². The summed E-state index contributed by atoms with van der Waals surface area (Å²) < 4.78 is 13.2. The van der Waals surface area contributed by atoms with E-state index in [0.717, 1.165) is 16.8 Å². The van der Waals surface area contributed by atoms with Crippen LogP contribution in [0.2, 0.25) is 10.0 Å². The Morgan fingerprint density at radius 3 is 2.56 bits per heavy atom. The highest BCUT2D eigenvalue weighted by atomic mass is 35.5. The molecular formula is C26H21Cl2N3O3. The van der Waals surface area contributed by atoms with Gasteiger partial charge in [0.2, 0.25) is 0 Å². The van der Waals surface area contributed by atoms with Gasteiger partial charge >= 0.3 is 0 Å². The second-order valence-corrected chi connectivity index (χ2v) is 8.08. The fourth-order valence-electron chi connectivity index (χ4n) is 3.29. The van der Waals surface area contributed by atoms with Gasteiger partial charge in [-0.2, -0.15) is 5.10 Å². The van der Waals surface area contributed by atoms with Crippen molar-refractivity contribution in [3.05, 3.63) is 112 Å². The highest BCUT2D eigenvalue weighted by Gasteiger charge is 2.11. The van der Waals surface area contributed by atoms with Crippen molar-refractivity contribution < 1.29 is 14.3 Å². The van der Waals surface area contributed by atoms with Crippen LogP contribution in [0.3, 0.4) is 0 Å². The number of hydrogen-bond donors (Lipinski definition) is 1. The molecule has 0 saturated carbocycles. The van der Waals surface area contributed by atoms with E-state index in [2.05, 4.69) is 10.5 Å². The van der Waals surface area contributed by atoms with Crippen molar-refractivity contribution in [1.29, 1.82) is 0 Å².